The highest BCUT2D eigenvalue weighted by Crippen LogP contribution is 2.18. The van der Waals surface area contributed by atoms with Crippen LogP contribution in [0.4, 0.5) is 11.5 Å². The Hall–Kier alpha value is -2.14. The zero-order valence-electron chi connectivity index (χ0n) is 12.2. The first-order chi connectivity index (χ1) is 9.63. The molecular weight excluding hydrogens is 250 g/mol. The molecule has 2 rings (SSSR count). The number of aromatic nitrogens is 2. The van der Waals surface area contributed by atoms with Gasteiger partial charge >= 0.3 is 0 Å². The number of hydrogen-bond donors (Lipinski definition) is 2. The van der Waals surface area contributed by atoms with E-state index >= 15 is 0 Å². The van der Waals surface area contributed by atoms with E-state index in [9.17, 15) is 0 Å². The van der Waals surface area contributed by atoms with E-state index in [-0.39, 0.29) is 6.17 Å². The van der Waals surface area contributed by atoms with Gasteiger partial charge in [0.2, 0.25) is 0 Å². The number of nitrogens with zero attached hydrogens (tertiary/aromatic N) is 3. The number of aryl methyl sites for hydroxylation is 2. The minimum absolute atomic E-state index is 0.0851. The summed E-state index contributed by atoms with van der Waals surface area (Å²) in [6, 6.07) is 8.12. The van der Waals surface area contributed by atoms with Gasteiger partial charge in [-0.05, 0) is 31.9 Å². The Morgan fingerprint density at radius 3 is 2.65 bits per heavy atom. The topological polar surface area (TPSA) is 67.1 Å². The second-order valence-electron chi connectivity index (χ2n) is 4.72. The Labute approximate surface area is 119 Å². The Balaban J connectivity index is 2.16. The fraction of sp³-hybridized carbons (Fsp3) is 0.333. The number of rotatable bonds is 5. The molecule has 0 saturated carbocycles. The predicted molar refractivity (Wildman–Crippen MR) is 82.3 cm³/mol. The molecule has 0 bridgehead atoms. The molecule has 0 aliphatic rings. The lowest BCUT2D eigenvalue weighted by Gasteiger charge is -2.28. The van der Waals surface area contributed by atoms with Crippen LogP contribution in [0.5, 0.6) is 0 Å². The Kier molecular flexibility index (Phi) is 4.53. The number of benzene rings is 1. The third kappa shape index (κ3) is 3.05. The van der Waals surface area contributed by atoms with Crippen LogP contribution in [-0.2, 0) is 6.42 Å². The number of para-hydroxylation sites is 1. The molecular formula is C15H21N5. The molecule has 1 heterocycles. The third-order valence-electron chi connectivity index (χ3n) is 3.26. The molecule has 0 spiro atoms. The van der Waals surface area contributed by atoms with Gasteiger partial charge in [-0.25, -0.2) is 10.8 Å². The van der Waals surface area contributed by atoms with Gasteiger partial charge in [0.05, 0.1) is 5.69 Å². The van der Waals surface area contributed by atoms with E-state index in [2.05, 4.69) is 28.3 Å². The van der Waals surface area contributed by atoms with Crippen molar-refractivity contribution in [3.8, 4) is 0 Å². The first-order valence-corrected chi connectivity index (χ1v) is 6.79. The summed E-state index contributed by atoms with van der Waals surface area (Å²) in [6.45, 7) is 6.11. The summed E-state index contributed by atoms with van der Waals surface area (Å²) in [5.41, 5.74) is 3.15. The third-order valence-corrected chi connectivity index (χ3v) is 3.26. The lowest BCUT2D eigenvalue weighted by molar-refractivity contribution is 0.702. The van der Waals surface area contributed by atoms with E-state index < -0.39 is 0 Å². The van der Waals surface area contributed by atoms with Crippen molar-refractivity contribution >= 4 is 11.5 Å². The summed E-state index contributed by atoms with van der Waals surface area (Å²) in [5, 5.41) is 5.02. The van der Waals surface area contributed by atoms with Gasteiger partial charge in [-0.3, -0.25) is 9.99 Å². The fourth-order valence-corrected chi connectivity index (χ4v) is 2.04. The van der Waals surface area contributed by atoms with Gasteiger partial charge in [0, 0.05) is 18.1 Å². The highest BCUT2D eigenvalue weighted by Gasteiger charge is 2.16. The molecule has 5 nitrogen and oxygen atoms in total. The van der Waals surface area contributed by atoms with Gasteiger partial charge in [-0.1, -0.05) is 25.1 Å². The molecule has 1 aromatic heterocycles. The summed E-state index contributed by atoms with van der Waals surface area (Å²) in [4.78, 5) is 8.65. The number of nitrogens with two attached hydrogens (primary N) is 1. The normalized spacial score (nSPS) is 12.0. The summed E-state index contributed by atoms with van der Waals surface area (Å²) in [5.74, 6) is 6.89. The predicted octanol–water partition coefficient (Wildman–Crippen LogP) is 2.49. The first-order valence-electron chi connectivity index (χ1n) is 6.79. The van der Waals surface area contributed by atoms with E-state index in [1.165, 1.54) is 5.56 Å². The van der Waals surface area contributed by atoms with Crippen LogP contribution >= 0.6 is 0 Å². The Bertz CT molecular complexity index is 570. The molecule has 0 radical (unpaired) electrons. The number of hydrogen-bond acceptors (Lipinski definition) is 5. The number of hydrazine groups is 1. The molecule has 0 unspecified atom stereocenters. The molecule has 0 amide bonds. The van der Waals surface area contributed by atoms with E-state index in [0.29, 0.717) is 5.82 Å². The maximum absolute atomic E-state index is 6.18. The van der Waals surface area contributed by atoms with Crippen LogP contribution in [0.15, 0.2) is 36.7 Å². The Morgan fingerprint density at radius 1 is 1.25 bits per heavy atom. The highest BCUT2D eigenvalue weighted by molar-refractivity contribution is 5.53. The smallest absolute Gasteiger partial charge is 0.166 e. The lowest BCUT2D eigenvalue weighted by Crippen LogP contribution is -2.45. The van der Waals surface area contributed by atoms with E-state index in [1.54, 1.807) is 17.4 Å². The number of nitrogens with one attached hydrogen (secondary N) is 1. The fourth-order valence-electron chi connectivity index (χ4n) is 2.04. The van der Waals surface area contributed by atoms with E-state index in [1.807, 2.05) is 32.0 Å². The SMILES string of the molecule is CCc1nccnc1N(N)[C@H](C)Nc1ccccc1C. The molecule has 2 aromatic rings. The quantitative estimate of drug-likeness (QED) is 0.497. The van der Waals surface area contributed by atoms with Crippen LogP contribution in [0.2, 0.25) is 0 Å². The summed E-state index contributed by atoms with van der Waals surface area (Å²) in [7, 11) is 0. The molecule has 106 valence electrons. The van der Waals surface area contributed by atoms with E-state index in [0.717, 1.165) is 17.8 Å². The second kappa shape index (κ2) is 6.34. The first kappa shape index (κ1) is 14.3. The molecule has 1 aromatic carbocycles. The average molecular weight is 271 g/mol. The maximum atomic E-state index is 6.18. The van der Waals surface area contributed by atoms with Crippen molar-refractivity contribution in [1.82, 2.24) is 9.97 Å². The van der Waals surface area contributed by atoms with Gasteiger partial charge in [-0.15, -0.1) is 0 Å². The van der Waals surface area contributed by atoms with Gasteiger partial charge in [-0.2, -0.15) is 0 Å². The average Bonchev–Trinajstić information content (AvgIpc) is 2.48. The Morgan fingerprint density at radius 2 is 1.95 bits per heavy atom. The van der Waals surface area contributed by atoms with Gasteiger partial charge in [0.1, 0.15) is 6.17 Å². The van der Waals surface area contributed by atoms with Gasteiger partial charge in [0.25, 0.3) is 0 Å². The van der Waals surface area contributed by atoms with Crippen molar-refractivity contribution in [3.63, 3.8) is 0 Å². The standard InChI is InChI=1S/C15H21N5/c1-4-13-15(18-10-9-17-13)20(16)12(3)19-14-8-6-5-7-11(14)2/h5-10,12,19H,4,16H2,1-3H3/t12-/m1/s1. The molecule has 0 aliphatic heterocycles. The van der Waals surface area contributed by atoms with Crippen LogP contribution in [-0.4, -0.2) is 16.1 Å². The molecule has 20 heavy (non-hydrogen) atoms. The van der Waals surface area contributed by atoms with Crippen LogP contribution in [0.1, 0.15) is 25.1 Å². The highest BCUT2D eigenvalue weighted by atomic mass is 15.5. The van der Waals surface area contributed by atoms with Crippen LogP contribution in [0.25, 0.3) is 0 Å². The van der Waals surface area contributed by atoms with Gasteiger partial charge in [0.15, 0.2) is 5.82 Å². The zero-order chi connectivity index (χ0) is 14.5. The summed E-state index contributed by atoms with van der Waals surface area (Å²) in [6.07, 6.45) is 4.07. The largest absolute Gasteiger partial charge is 0.364 e. The van der Waals surface area contributed by atoms with Gasteiger partial charge < -0.3 is 5.32 Å². The van der Waals surface area contributed by atoms with Crippen molar-refractivity contribution in [2.24, 2.45) is 5.84 Å². The number of anilines is 2. The minimum atomic E-state index is -0.0851. The van der Waals surface area contributed by atoms with Crippen molar-refractivity contribution in [2.45, 2.75) is 33.4 Å². The summed E-state index contributed by atoms with van der Waals surface area (Å²) < 4.78 is 0. The molecule has 0 saturated heterocycles. The molecule has 5 heteroatoms. The lowest BCUT2D eigenvalue weighted by atomic mass is 10.2. The van der Waals surface area contributed by atoms with Crippen molar-refractivity contribution in [2.75, 3.05) is 10.3 Å². The molecule has 1 atom stereocenters. The molecule has 3 N–H and O–H groups in total. The van der Waals surface area contributed by atoms with Crippen LogP contribution in [0, 0.1) is 6.92 Å². The summed E-state index contributed by atoms with van der Waals surface area (Å²) >= 11 is 0. The molecule has 0 fully saturated rings. The van der Waals surface area contributed by atoms with Crippen LogP contribution in [0.3, 0.4) is 0 Å². The maximum Gasteiger partial charge on any atom is 0.166 e. The monoisotopic (exact) mass is 271 g/mol. The second-order valence-corrected chi connectivity index (χ2v) is 4.72. The molecule has 0 aliphatic carbocycles. The van der Waals surface area contributed by atoms with E-state index in [4.69, 9.17) is 5.84 Å². The van der Waals surface area contributed by atoms with Crippen molar-refractivity contribution in [3.05, 3.63) is 47.9 Å². The van der Waals surface area contributed by atoms with Crippen molar-refractivity contribution < 1.29 is 0 Å². The van der Waals surface area contributed by atoms with Crippen molar-refractivity contribution in [1.29, 1.82) is 0 Å². The zero-order valence-corrected chi connectivity index (χ0v) is 12.2. The van der Waals surface area contributed by atoms with Crippen LogP contribution < -0.4 is 16.2 Å². The minimum Gasteiger partial charge on any atom is -0.364 e.